The predicted molar refractivity (Wildman–Crippen MR) is 75.8 cm³/mol. The summed E-state index contributed by atoms with van der Waals surface area (Å²) in [6.07, 6.45) is 9.15. The molecule has 0 aromatic carbocycles. The second-order valence-corrected chi connectivity index (χ2v) is 7.32. The Labute approximate surface area is 120 Å². The zero-order valence-corrected chi connectivity index (χ0v) is 12.3. The lowest BCUT2D eigenvalue weighted by Crippen LogP contribution is -2.45. The summed E-state index contributed by atoms with van der Waals surface area (Å²) < 4.78 is 5.64. The first kappa shape index (κ1) is 12.8. The van der Waals surface area contributed by atoms with E-state index < -0.39 is 0 Å². The molecule has 0 radical (unpaired) electrons. The van der Waals surface area contributed by atoms with Gasteiger partial charge in [-0.2, -0.15) is 0 Å². The lowest BCUT2D eigenvalue weighted by molar-refractivity contribution is -0.0428. The van der Waals surface area contributed by atoms with Crippen molar-refractivity contribution in [2.45, 2.75) is 57.9 Å². The third kappa shape index (κ3) is 2.09. The molecule has 110 valence electrons. The third-order valence-electron chi connectivity index (χ3n) is 6.05. The Hall–Kier alpha value is -0.900. The molecule has 20 heavy (non-hydrogen) atoms. The molecular formula is C16H25N3O. The topological polar surface area (TPSA) is 64.9 Å². The van der Waals surface area contributed by atoms with Crippen LogP contribution in [0.4, 0.5) is 0 Å². The summed E-state index contributed by atoms with van der Waals surface area (Å²) in [7, 11) is 0. The van der Waals surface area contributed by atoms with Crippen molar-refractivity contribution in [2.24, 2.45) is 35.3 Å². The van der Waals surface area contributed by atoms with E-state index in [1.807, 2.05) is 6.92 Å². The van der Waals surface area contributed by atoms with Crippen LogP contribution in [0.25, 0.3) is 0 Å². The number of nitrogens with two attached hydrogens (primary N) is 1. The summed E-state index contributed by atoms with van der Waals surface area (Å²) in [4.78, 5) is 0. The second kappa shape index (κ2) is 4.83. The van der Waals surface area contributed by atoms with Crippen molar-refractivity contribution < 1.29 is 4.42 Å². The van der Waals surface area contributed by atoms with Gasteiger partial charge < -0.3 is 10.2 Å². The van der Waals surface area contributed by atoms with Crippen molar-refractivity contribution in [3.63, 3.8) is 0 Å². The van der Waals surface area contributed by atoms with E-state index in [1.165, 1.54) is 32.1 Å². The molecule has 0 spiro atoms. The number of hydrogen-bond acceptors (Lipinski definition) is 4. The van der Waals surface area contributed by atoms with Gasteiger partial charge in [0.2, 0.25) is 11.8 Å². The van der Waals surface area contributed by atoms with Gasteiger partial charge in [0.25, 0.3) is 0 Å². The van der Waals surface area contributed by atoms with E-state index in [2.05, 4.69) is 10.2 Å². The molecule has 0 saturated heterocycles. The standard InChI is InChI=1S/C16H25N3O/c1-2-15-18-19-16(20-15)14(17)8-13-11-4-9-3-10(6-11)7-12(13)5-9/h9-14H,2-8,17H2,1H3. The van der Waals surface area contributed by atoms with Crippen LogP contribution in [0.5, 0.6) is 0 Å². The maximum atomic E-state index is 6.35. The van der Waals surface area contributed by atoms with Gasteiger partial charge in [0.1, 0.15) is 0 Å². The van der Waals surface area contributed by atoms with Crippen LogP contribution in [0.2, 0.25) is 0 Å². The highest BCUT2D eigenvalue weighted by atomic mass is 16.4. The van der Waals surface area contributed by atoms with E-state index in [0.29, 0.717) is 11.8 Å². The lowest BCUT2D eigenvalue weighted by atomic mass is 9.51. The molecule has 4 aliphatic rings. The maximum Gasteiger partial charge on any atom is 0.233 e. The monoisotopic (exact) mass is 275 g/mol. The molecule has 4 aliphatic carbocycles. The number of nitrogens with zero attached hydrogens (tertiary/aromatic N) is 2. The lowest BCUT2D eigenvalue weighted by Gasteiger charge is -2.55. The number of aryl methyl sites for hydroxylation is 1. The second-order valence-electron chi connectivity index (χ2n) is 7.32. The van der Waals surface area contributed by atoms with Crippen LogP contribution in [-0.2, 0) is 6.42 Å². The van der Waals surface area contributed by atoms with Crippen molar-refractivity contribution in [3.8, 4) is 0 Å². The van der Waals surface area contributed by atoms with Gasteiger partial charge in [-0.1, -0.05) is 6.92 Å². The summed E-state index contributed by atoms with van der Waals surface area (Å²) in [5.74, 6) is 6.06. The van der Waals surface area contributed by atoms with Gasteiger partial charge in [-0.25, -0.2) is 0 Å². The van der Waals surface area contributed by atoms with Gasteiger partial charge in [-0.3, -0.25) is 0 Å². The quantitative estimate of drug-likeness (QED) is 0.917. The maximum absolute atomic E-state index is 6.35. The van der Waals surface area contributed by atoms with E-state index in [9.17, 15) is 0 Å². The van der Waals surface area contributed by atoms with Gasteiger partial charge in [0.15, 0.2) is 0 Å². The van der Waals surface area contributed by atoms with Crippen molar-refractivity contribution >= 4 is 0 Å². The summed E-state index contributed by atoms with van der Waals surface area (Å²) in [6, 6.07) is -0.0645. The molecule has 5 rings (SSSR count). The summed E-state index contributed by atoms with van der Waals surface area (Å²) in [5, 5.41) is 8.17. The van der Waals surface area contributed by atoms with Crippen LogP contribution in [0, 0.1) is 29.6 Å². The molecule has 1 aromatic rings. The molecule has 4 fully saturated rings. The molecule has 4 saturated carbocycles. The fourth-order valence-electron chi connectivity index (χ4n) is 5.38. The average molecular weight is 275 g/mol. The minimum absolute atomic E-state index is 0.0645. The van der Waals surface area contributed by atoms with Crippen molar-refractivity contribution in [3.05, 3.63) is 11.8 Å². The highest BCUT2D eigenvalue weighted by Crippen LogP contribution is 2.58. The average Bonchev–Trinajstić information content (AvgIpc) is 2.91. The Morgan fingerprint density at radius 1 is 1.10 bits per heavy atom. The van der Waals surface area contributed by atoms with E-state index in [4.69, 9.17) is 10.2 Å². The molecule has 1 heterocycles. The Balaban J connectivity index is 1.46. The molecule has 4 nitrogen and oxygen atoms in total. The Morgan fingerprint density at radius 3 is 2.30 bits per heavy atom. The summed E-state index contributed by atoms with van der Waals surface area (Å²) in [5.41, 5.74) is 6.35. The van der Waals surface area contributed by atoms with E-state index in [0.717, 1.165) is 42.4 Å². The first-order valence-corrected chi connectivity index (χ1v) is 8.30. The van der Waals surface area contributed by atoms with E-state index in [-0.39, 0.29) is 6.04 Å². The Morgan fingerprint density at radius 2 is 1.75 bits per heavy atom. The zero-order valence-electron chi connectivity index (χ0n) is 12.3. The van der Waals surface area contributed by atoms with E-state index >= 15 is 0 Å². The SMILES string of the molecule is CCc1nnc(C(N)CC2C3CC4CC(C3)CC2C4)o1. The smallest absolute Gasteiger partial charge is 0.233 e. The fourth-order valence-corrected chi connectivity index (χ4v) is 5.38. The van der Waals surface area contributed by atoms with Gasteiger partial charge in [0.05, 0.1) is 6.04 Å². The summed E-state index contributed by atoms with van der Waals surface area (Å²) >= 11 is 0. The molecule has 4 heteroatoms. The third-order valence-corrected chi connectivity index (χ3v) is 6.05. The summed E-state index contributed by atoms with van der Waals surface area (Å²) in [6.45, 7) is 2.03. The van der Waals surface area contributed by atoms with Crippen LogP contribution in [0.3, 0.4) is 0 Å². The highest BCUT2D eigenvalue weighted by Gasteiger charge is 2.48. The highest BCUT2D eigenvalue weighted by molar-refractivity contribution is 5.00. The fraction of sp³-hybridized carbons (Fsp3) is 0.875. The number of hydrogen-bond donors (Lipinski definition) is 1. The normalized spacial score (nSPS) is 40.2. The molecule has 0 aliphatic heterocycles. The molecule has 1 aromatic heterocycles. The number of rotatable bonds is 4. The molecule has 2 N–H and O–H groups in total. The minimum atomic E-state index is -0.0645. The Kier molecular flexibility index (Phi) is 3.09. The van der Waals surface area contributed by atoms with Crippen molar-refractivity contribution in [1.82, 2.24) is 10.2 Å². The van der Waals surface area contributed by atoms with Crippen LogP contribution in [-0.4, -0.2) is 10.2 Å². The van der Waals surface area contributed by atoms with Crippen molar-refractivity contribution in [2.75, 3.05) is 0 Å². The molecule has 4 bridgehead atoms. The predicted octanol–water partition coefficient (Wildman–Crippen LogP) is 3.09. The zero-order chi connectivity index (χ0) is 13.7. The van der Waals surface area contributed by atoms with Crippen LogP contribution < -0.4 is 5.73 Å². The van der Waals surface area contributed by atoms with Crippen LogP contribution >= 0.6 is 0 Å². The number of aromatic nitrogens is 2. The van der Waals surface area contributed by atoms with Gasteiger partial charge in [0, 0.05) is 6.42 Å². The van der Waals surface area contributed by atoms with Crippen molar-refractivity contribution in [1.29, 1.82) is 0 Å². The molecule has 1 atom stereocenters. The van der Waals surface area contributed by atoms with Gasteiger partial charge >= 0.3 is 0 Å². The van der Waals surface area contributed by atoms with Crippen LogP contribution in [0.15, 0.2) is 4.42 Å². The molecule has 1 unspecified atom stereocenters. The molecular weight excluding hydrogens is 250 g/mol. The largest absolute Gasteiger partial charge is 0.424 e. The van der Waals surface area contributed by atoms with Crippen LogP contribution in [0.1, 0.15) is 63.3 Å². The Bertz CT molecular complexity index is 456. The van der Waals surface area contributed by atoms with Gasteiger partial charge in [-0.15, -0.1) is 10.2 Å². The van der Waals surface area contributed by atoms with Gasteiger partial charge in [-0.05, 0) is 68.1 Å². The first-order chi connectivity index (χ1) is 9.72. The molecule has 0 amide bonds. The minimum Gasteiger partial charge on any atom is -0.424 e. The first-order valence-electron chi connectivity index (χ1n) is 8.30. The van der Waals surface area contributed by atoms with E-state index in [1.54, 1.807) is 0 Å².